The van der Waals surface area contributed by atoms with Crippen molar-refractivity contribution in [3.8, 4) is 0 Å². The van der Waals surface area contributed by atoms with Gasteiger partial charge in [0.05, 0.1) is 5.56 Å². The van der Waals surface area contributed by atoms with Gasteiger partial charge in [-0.15, -0.1) is 5.06 Å². The standard InChI is InChI=1S/C13H20N4O2/c1-14-11-7-10(8-12(9-11)15-2)13(18)19-17-5-3-16-4-6-17/h7-9,14-16H,3-6H2,1-2H3. The van der Waals surface area contributed by atoms with Gasteiger partial charge in [0.15, 0.2) is 0 Å². The molecule has 0 bridgehead atoms. The van der Waals surface area contributed by atoms with Crippen LogP contribution in [0.5, 0.6) is 0 Å². The lowest BCUT2D eigenvalue weighted by atomic mass is 10.1. The zero-order valence-corrected chi connectivity index (χ0v) is 11.3. The van der Waals surface area contributed by atoms with E-state index in [1.54, 1.807) is 17.2 Å². The van der Waals surface area contributed by atoms with Crippen LogP contribution in [-0.4, -0.2) is 51.3 Å². The maximum atomic E-state index is 12.1. The van der Waals surface area contributed by atoms with E-state index in [4.69, 9.17) is 4.84 Å². The number of rotatable bonds is 4. The number of hydrogen-bond acceptors (Lipinski definition) is 6. The summed E-state index contributed by atoms with van der Waals surface area (Å²) in [4.78, 5) is 17.5. The van der Waals surface area contributed by atoms with Crippen LogP contribution in [0.25, 0.3) is 0 Å². The van der Waals surface area contributed by atoms with Crippen molar-refractivity contribution in [3.63, 3.8) is 0 Å². The van der Waals surface area contributed by atoms with E-state index in [9.17, 15) is 4.79 Å². The second-order valence-corrected chi connectivity index (χ2v) is 4.36. The van der Waals surface area contributed by atoms with Crippen LogP contribution in [0.4, 0.5) is 11.4 Å². The van der Waals surface area contributed by atoms with E-state index < -0.39 is 0 Å². The van der Waals surface area contributed by atoms with Gasteiger partial charge in [-0.3, -0.25) is 0 Å². The highest BCUT2D eigenvalue weighted by Crippen LogP contribution is 2.19. The largest absolute Gasteiger partial charge is 0.388 e. The molecule has 6 heteroatoms. The number of anilines is 2. The molecule has 0 radical (unpaired) electrons. The van der Waals surface area contributed by atoms with Crippen LogP contribution in [0.1, 0.15) is 10.4 Å². The number of hydrogen-bond donors (Lipinski definition) is 3. The summed E-state index contributed by atoms with van der Waals surface area (Å²) >= 11 is 0. The number of hydroxylamine groups is 2. The topological polar surface area (TPSA) is 65.6 Å². The van der Waals surface area contributed by atoms with Gasteiger partial charge in [0.25, 0.3) is 0 Å². The molecule has 1 aromatic rings. The van der Waals surface area contributed by atoms with E-state index in [0.717, 1.165) is 37.6 Å². The van der Waals surface area contributed by atoms with Crippen molar-refractivity contribution in [1.82, 2.24) is 10.4 Å². The van der Waals surface area contributed by atoms with Gasteiger partial charge in [-0.05, 0) is 18.2 Å². The Labute approximate surface area is 113 Å². The van der Waals surface area contributed by atoms with Gasteiger partial charge in [-0.25, -0.2) is 4.79 Å². The maximum absolute atomic E-state index is 12.1. The third kappa shape index (κ3) is 3.59. The Hall–Kier alpha value is -1.79. The average Bonchev–Trinajstić information content (AvgIpc) is 2.47. The molecule has 1 aliphatic rings. The average molecular weight is 264 g/mol. The number of benzene rings is 1. The Morgan fingerprint density at radius 1 is 1.16 bits per heavy atom. The molecular formula is C13H20N4O2. The zero-order chi connectivity index (χ0) is 13.7. The van der Waals surface area contributed by atoms with E-state index in [-0.39, 0.29) is 5.97 Å². The van der Waals surface area contributed by atoms with Gasteiger partial charge in [0.2, 0.25) is 0 Å². The molecule has 1 heterocycles. The van der Waals surface area contributed by atoms with Crippen LogP contribution in [-0.2, 0) is 4.84 Å². The summed E-state index contributed by atoms with van der Waals surface area (Å²) < 4.78 is 0. The van der Waals surface area contributed by atoms with E-state index >= 15 is 0 Å². The normalized spacial score (nSPS) is 15.9. The lowest BCUT2D eigenvalue weighted by Gasteiger charge is -2.25. The highest BCUT2D eigenvalue weighted by atomic mass is 16.7. The first-order valence-corrected chi connectivity index (χ1v) is 6.41. The molecule has 6 nitrogen and oxygen atoms in total. The van der Waals surface area contributed by atoms with E-state index in [0.29, 0.717) is 5.56 Å². The number of carbonyl (C=O) groups excluding carboxylic acids is 1. The molecule has 0 saturated carbocycles. The molecule has 0 amide bonds. The molecule has 0 atom stereocenters. The highest BCUT2D eigenvalue weighted by Gasteiger charge is 2.17. The fourth-order valence-electron chi connectivity index (χ4n) is 1.94. The predicted octanol–water partition coefficient (Wildman–Crippen LogP) is 0.747. The van der Waals surface area contributed by atoms with Crippen molar-refractivity contribution in [3.05, 3.63) is 23.8 Å². The molecule has 1 aromatic carbocycles. The quantitative estimate of drug-likeness (QED) is 0.746. The number of carbonyl (C=O) groups is 1. The number of nitrogens with one attached hydrogen (secondary N) is 3. The van der Waals surface area contributed by atoms with Gasteiger partial charge < -0.3 is 20.8 Å². The zero-order valence-electron chi connectivity index (χ0n) is 11.3. The lowest BCUT2D eigenvalue weighted by Crippen LogP contribution is -2.44. The minimum absolute atomic E-state index is 0.324. The summed E-state index contributed by atoms with van der Waals surface area (Å²) in [6.45, 7) is 3.11. The van der Waals surface area contributed by atoms with Gasteiger partial charge >= 0.3 is 5.97 Å². The fourth-order valence-corrected chi connectivity index (χ4v) is 1.94. The third-order valence-electron chi connectivity index (χ3n) is 3.03. The van der Waals surface area contributed by atoms with Crippen LogP contribution in [0.3, 0.4) is 0 Å². The minimum Gasteiger partial charge on any atom is -0.388 e. The fraction of sp³-hybridized carbons (Fsp3) is 0.462. The van der Waals surface area contributed by atoms with Gasteiger partial charge in [0, 0.05) is 51.6 Å². The third-order valence-corrected chi connectivity index (χ3v) is 3.03. The molecule has 104 valence electrons. The van der Waals surface area contributed by atoms with Crippen LogP contribution in [0.2, 0.25) is 0 Å². The summed E-state index contributed by atoms with van der Waals surface area (Å²) in [7, 11) is 3.64. The monoisotopic (exact) mass is 264 g/mol. The van der Waals surface area contributed by atoms with Crippen LogP contribution in [0, 0.1) is 0 Å². The van der Waals surface area contributed by atoms with Crippen molar-refractivity contribution >= 4 is 17.3 Å². The summed E-state index contributed by atoms with van der Waals surface area (Å²) in [6.07, 6.45) is 0. The van der Waals surface area contributed by atoms with Crippen LogP contribution >= 0.6 is 0 Å². The molecule has 0 aliphatic carbocycles. The van der Waals surface area contributed by atoms with Gasteiger partial charge in [0.1, 0.15) is 0 Å². The first-order chi connectivity index (χ1) is 9.22. The molecule has 0 spiro atoms. The SMILES string of the molecule is CNc1cc(NC)cc(C(=O)ON2CCNCC2)c1. The summed E-state index contributed by atoms with van der Waals surface area (Å²) in [6, 6.07) is 5.50. The molecule has 2 rings (SSSR count). The maximum Gasteiger partial charge on any atom is 0.357 e. The van der Waals surface area contributed by atoms with Crippen molar-refractivity contribution in [1.29, 1.82) is 0 Å². The van der Waals surface area contributed by atoms with E-state index in [2.05, 4.69) is 16.0 Å². The van der Waals surface area contributed by atoms with Crippen molar-refractivity contribution in [2.75, 3.05) is 50.9 Å². The molecule has 19 heavy (non-hydrogen) atoms. The van der Waals surface area contributed by atoms with E-state index in [1.807, 2.05) is 20.2 Å². The molecule has 1 fully saturated rings. The first-order valence-electron chi connectivity index (χ1n) is 6.41. The Morgan fingerprint density at radius 2 is 1.74 bits per heavy atom. The lowest BCUT2D eigenvalue weighted by molar-refractivity contribution is -0.115. The van der Waals surface area contributed by atoms with Crippen LogP contribution in [0.15, 0.2) is 18.2 Å². The Morgan fingerprint density at radius 3 is 2.26 bits per heavy atom. The Kier molecular flexibility index (Phi) is 4.59. The summed E-state index contributed by atoms with van der Waals surface area (Å²) in [5.74, 6) is -0.324. The Balaban J connectivity index is 2.08. The highest BCUT2D eigenvalue weighted by molar-refractivity contribution is 5.91. The predicted molar refractivity (Wildman–Crippen MR) is 75.4 cm³/mol. The number of piperazine rings is 1. The van der Waals surface area contributed by atoms with Crippen molar-refractivity contribution < 1.29 is 9.63 Å². The molecule has 1 aliphatic heterocycles. The molecule has 3 N–H and O–H groups in total. The molecule has 0 unspecified atom stereocenters. The van der Waals surface area contributed by atoms with Gasteiger partial charge in [-0.1, -0.05) is 0 Å². The smallest absolute Gasteiger partial charge is 0.357 e. The second kappa shape index (κ2) is 6.40. The van der Waals surface area contributed by atoms with Crippen molar-refractivity contribution in [2.45, 2.75) is 0 Å². The molecular weight excluding hydrogens is 244 g/mol. The van der Waals surface area contributed by atoms with Crippen molar-refractivity contribution in [2.24, 2.45) is 0 Å². The molecule has 1 saturated heterocycles. The minimum atomic E-state index is -0.324. The van der Waals surface area contributed by atoms with Crippen LogP contribution < -0.4 is 16.0 Å². The molecule has 0 aromatic heterocycles. The Bertz CT molecular complexity index is 422. The van der Waals surface area contributed by atoms with E-state index in [1.165, 1.54) is 0 Å². The first kappa shape index (κ1) is 13.6. The second-order valence-electron chi connectivity index (χ2n) is 4.36. The summed E-state index contributed by atoms with van der Waals surface area (Å²) in [5.41, 5.74) is 2.29. The number of nitrogens with zero attached hydrogens (tertiary/aromatic N) is 1. The summed E-state index contributed by atoms with van der Waals surface area (Å²) in [5, 5.41) is 11.0. The van der Waals surface area contributed by atoms with Gasteiger partial charge in [-0.2, -0.15) is 0 Å².